The SMILES string of the molecule is O=C(CN1C(=O)NC2(CCc3ccccc32)C1=O)Nc1cccc([N+](=O)[O-])c1. The van der Waals surface area contributed by atoms with E-state index in [2.05, 4.69) is 10.6 Å². The molecule has 2 aromatic carbocycles. The van der Waals surface area contributed by atoms with Crippen molar-refractivity contribution in [3.63, 3.8) is 0 Å². The van der Waals surface area contributed by atoms with Crippen molar-refractivity contribution in [2.24, 2.45) is 0 Å². The van der Waals surface area contributed by atoms with Crippen LogP contribution in [0.5, 0.6) is 0 Å². The van der Waals surface area contributed by atoms with E-state index in [1.165, 1.54) is 24.3 Å². The van der Waals surface area contributed by atoms with Gasteiger partial charge in [-0.3, -0.25) is 24.6 Å². The summed E-state index contributed by atoms with van der Waals surface area (Å²) < 4.78 is 0. The van der Waals surface area contributed by atoms with Crippen LogP contribution in [0.1, 0.15) is 17.5 Å². The van der Waals surface area contributed by atoms with Gasteiger partial charge in [0.15, 0.2) is 0 Å². The average Bonchev–Trinajstić information content (AvgIpc) is 3.16. The molecule has 1 fully saturated rings. The molecule has 28 heavy (non-hydrogen) atoms. The third-order valence-electron chi connectivity index (χ3n) is 5.06. The molecule has 1 heterocycles. The molecule has 9 heteroatoms. The standard InChI is InChI=1S/C19H16N4O5/c24-16(20-13-5-3-6-14(10-13)23(27)28)11-22-17(25)19(21-18(22)26)9-8-12-4-1-2-7-15(12)19/h1-7,10H,8-9,11H2,(H,20,24)(H,21,26). The minimum Gasteiger partial charge on any atom is -0.324 e. The number of hydrogen-bond acceptors (Lipinski definition) is 5. The number of amides is 4. The number of non-ortho nitro benzene ring substituents is 1. The first-order valence-corrected chi connectivity index (χ1v) is 8.67. The fraction of sp³-hybridized carbons (Fsp3) is 0.211. The van der Waals surface area contributed by atoms with Crippen LogP contribution in [0.2, 0.25) is 0 Å². The molecule has 9 nitrogen and oxygen atoms in total. The van der Waals surface area contributed by atoms with Crippen LogP contribution in [0.15, 0.2) is 48.5 Å². The van der Waals surface area contributed by atoms with Crippen molar-refractivity contribution in [2.75, 3.05) is 11.9 Å². The molecule has 0 radical (unpaired) electrons. The van der Waals surface area contributed by atoms with Crippen LogP contribution < -0.4 is 10.6 Å². The summed E-state index contributed by atoms with van der Waals surface area (Å²) in [6.07, 6.45) is 1.11. The third kappa shape index (κ3) is 2.77. The van der Waals surface area contributed by atoms with E-state index in [0.29, 0.717) is 12.8 Å². The van der Waals surface area contributed by atoms with Gasteiger partial charge in [-0.15, -0.1) is 0 Å². The summed E-state index contributed by atoms with van der Waals surface area (Å²) in [6.45, 7) is -0.475. The zero-order chi connectivity index (χ0) is 19.9. The molecule has 1 unspecified atom stereocenters. The van der Waals surface area contributed by atoms with Crippen molar-refractivity contribution in [2.45, 2.75) is 18.4 Å². The Hall–Kier alpha value is -3.75. The van der Waals surface area contributed by atoms with Gasteiger partial charge in [0.25, 0.3) is 11.6 Å². The van der Waals surface area contributed by atoms with Crippen LogP contribution in [-0.2, 0) is 21.5 Å². The third-order valence-corrected chi connectivity index (χ3v) is 5.06. The number of imide groups is 1. The van der Waals surface area contributed by atoms with Crippen molar-refractivity contribution in [3.8, 4) is 0 Å². The molecule has 4 amide bonds. The van der Waals surface area contributed by atoms with Crippen molar-refractivity contribution >= 4 is 29.2 Å². The molecule has 2 N–H and O–H groups in total. The zero-order valence-electron chi connectivity index (χ0n) is 14.7. The largest absolute Gasteiger partial charge is 0.325 e. The monoisotopic (exact) mass is 380 g/mol. The van der Waals surface area contributed by atoms with Crippen LogP contribution in [0.3, 0.4) is 0 Å². The van der Waals surface area contributed by atoms with Crippen LogP contribution in [0.25, 0.3) is 0 Å². The molecule has 1 aliphatic carbocycles. The van der Waals surface area contributed by atoms with Crippen molar-refractivity contribution in [3.05, 3.63) is 69.8 Å². The minimum absolute atomic E-state index is 0.172. The predicted molar refractivity (Wildman–Crippen MR) is 98.4 cm³/mol. The Morgan fingerprint density at radius 2 is 2.00 bits per heavy atom. The number of urea groups is 1. The van der Waals surface area contributed by atoms with Crippen molar-refractivity contribution in [1.82, 2.24) is 10.2 Å². The van der Waals surface area contributed by atoms with Gasteiger partial charge in [-0.25, -0.2) is 4.79 Å². The fourth-order valence-electron chi connectivity index (χ4n) is 3.77. The highest BCUT2D eigenvalue weighted by Gasteiger charge is 2.55. The molecule has 1 spiro atoms. The average molecular weight is 380 g/mol. The highest BCUT2D eigenvalue weighted by atomic mass is 16.6. The van der Waals surface area contributed by atoms with Gasteiger partial charge in [0.05, 0.1) is 4.92 Å². The van der Waals surface area contributed by atoms with Crippen LogP contribution in [-0.4, -0.2) is 34.2 Å². The van der Waals surface area contributed by atoms with E-state index >= 15 is 0 Å². The lowest BCUT2D eigenvalue weighted by Gasteiger charge is -2.22. The second-order valence-electron chi connectivity index (χ2n) is 6.74. The molecule has 1 atom stereocenters. The van der Waals surface area contributed by atoms with E-state index in [-0.39, 0.29) is 11.4 Å². The molecular weight excluding hydrogens is 364 g/mol. The number of fused-ring (bicyclic) bond motifs is 2. The maximum atomic E-state index is 13.0. The smallest absolute Gasteiger partial charge is 0.324 e. The van der Waals surface area contributed by atoms with Crippen molar-refractivity contribution in [1.29, 1.82) is 0 Å². The zero-order valence-corrected chi connectivity index (χ0v) is 14.7. The number of nitro benzene ring substituents is 1. The molecule has 2 aliphatic rings. The van der Waals surface area contributed by atoms with E-state index in [0.717, 1.165) is 16.0 Å². The molecule has 1 saturated heterocycles. The molecule has 1 aliphatic heterocycles. The van der Waals surface area contributed by atoms with Gasteiger partial charge < -0.3 is 10.6 Å². The molecule has 0 aromatic heterocycles. The topological polar surface area (TPSA) is 122 Å². The number of anilines is 1. The highest BCUT2D eigenvalue weighted by molar-refractivity contribution is 6.10. The van der Waals surface area contributed by atoms with E-state index < -0.39 is 34.9 Å². The first-order chi connectivity index (χ1) is 13.4. The Morgan fingerprint density at radius 1 is 1.21 bits per heavy atom. The fourth-order valence-corrected chi connectivity index (χ4v) is 3.77. The van der Waals surface area contributed by atoms with Crippen LogP contribution in [0, 0.1) is 10.1 Å². The summed E-state index contributed by atoms with van der Waals surface area (Å²) in [5.74, 6) is -1.08. The number of carbonyl (C=O) groups is 3. The number of rotatable bonds is 4. The summed E-state index contributed by atoms with van der Waals surface area (Å²) in [4.78, 5) is 48.9. The number of nitrogens with zero attached hydrogens (tertiary/aromatic N) is 2. The quantitative estimate of drug-likeness (QED) is 0.477. The number of aryl methyl sites for hydroxylation is 1. The van der Waals surface area contributed by atoms with Crippen LogP contribution in [0.4, 0.5) is 16.2 Å². The summed E-state index contributed by atoms with van der Waals surface area (Å²) in [6, 6.07) is 12.2. The van der Waals surface area contributed by atoms with Gasteiger partial charge in [-0.05, 0) is 30.0 Å². The van der Waals surface area contributed by atoms with Gasteiger partial charge in [0, 0.05) is 17.8 Å². The lowest BCUT2D eigenvalue weighted by Crippen LogP contribution is -2.42. The Balaban J connectivity index is 1.51. The lowest BCUT2D eigenvalue weighted by molar-refractivity contribution is -0.384. The first kappa shape index (κ1) is 17.7. The molecular formula is C19H16N4O5. The Labute approximate surface area is 159 Å². The maximum Gasteiger partial charge on any atom is 0.325 e. The Bertz CT molecular complexity index is 1020. The number of benzene rings is 2. The van der Waals surface area contributed by atoms with Gasteiger partial charge in [-0.1, -0.05) is 30.3 Å². The highest BCUT2D eigenvalue weighted by Crippen LogP contribution is 2.41. The predicted octanol–water partition coefficient (Wildman–Crippen LogP) is 1.93. The molecule has 4 rings (SSSR count). The van der Waals surface area contributed by atoms with Gasteiger partial charge in [0.1, 0.15) is 12.1 Å². The number of carbonyl (C=O) groups excluding carboxylic acids is 3. The second kappa shape index (κ2) is 6.45. The summed E-state index contributed by atoms with van der Waals surface area (Å²) in [5, 5.41) is 16.1. The summed E-state index contributed by atoms with van der Waals surface area (Å²) >= 11 is 0. The number of hydrogen-bond donors (Lipinski definition) is 2. The number of nitro groups is 1. The summed E-state index contributed by atoms with van der Waals surface area (Å²) in [7, 11) is 0. The molecule has 0 saturated carbocycles. The molecule has 2 aromatic rings. The molecule has 0 bridgehead atoms. The Kier molecular flexibility index (Phi) is 4.07. The van der Waals surface area contributed by atoms with Gasteiger partial charge >= 0.3 is 6.03 Å². The van der Waals surface area contributed by atoms with Crippen LogP contribution >= 0.6 is 0 Å². The minimum atomic E-state index is -1.13. The van der Waals surface area contributed by atoms with E-state index in [9.17, 15) is 24.5 Å². The first-order valence-electron chi connectivity index (χ1n) is 8.67. The van der Waals surface area contributed by atoms with Crippen molar-refractivity contribution < 1.29 is 19.3 Å². The van der Waals surface area contributed by atoms with E-state index in [4.69, 9.17) is 0 Å². The van der Waals surface area contributed by atoms with E-state index in [1.807, 2.05) is 24.3 Å². The Morgan fingerprint density at radius 3 is 2.79 bits per heavy atom. The second-order valence-corrected chi connectivity index (χ2v) is 6.74. The normalized spacial score (nSPS) is 20.2. The van der Waals surface area contributed by atoms with E-state index in [1.54, 1.807) is 0 Å². The molecule has 142 valence electrons. The number of nitrogens with one attached hydrogen (secondary N) is 2. The van der Waals surface area contributed by atoms with Gasteiger partial charge in [0.2, 0.25) is 5.91 Å². The lowest BCUT2D eigenvalue weighted by atomic mass is 9.92. The van der Waals surface area contributed by atoms with Gasteiger partial charge in [-0.2, -0.15) is 0 Å². The summed E-state index contributed by atoms with van der Waals surface area (Å²) in [5.41, 5.74) is 0.676. The maximum absolute atomic E-state index is 13.0.